The first-order valence-corrected chi connectivity index (χ1v) is 9.71. The van der Waals surface area contributed by atoms with Crippen LogP contribution in [0.1, 0.15) is 44.5 Å². The van der Waals surface area contributed by atoms with Gasteiger partial charge >= 0.3 is 6.09 Å². The van der Waals surface area contributed by atoms with Crippen LogP contribution in [-0.4, -0.2) is 34.5 Å². The Labute approximate surface area is 180 Å². The SMILES string of the molecule is CC[C@H](NC(=O)OC(C)(C)C)C(=O)N(C(=O)c1ccccc1[N+](=O)[O-])c1ccccc1. The Balaban J connectivity index is 2.45. The maximum atomic E-state index is 13.3. The molecule has 9 heteroatoms. The first-order valence-electron chi connectivity index (χ1n) is 9.71. The van der Waals surface area contributed by atoms with E-state index in [0.29, 0.717) is 0 Å². The van der Waals surface area contributed by atoms with Crippen LogP contribution in [0.4, 0.5) is 16.2 Å². The third-order valence-corrected chi connectivity index (χ3v) is 4.17. The van der Waals surface area contributed by atoms with Crippen LogP contribution in [-0.2, 0) is 9.53 Å². The zero-order valence-electron chi connectivity index (χ0n) is 17.8. The van der Waals surface area contributed by atoms with Crippen molar-refractivity contribution in [2.75, 3.05) is 4.90 Å². The van der Waals surface area contributed by atoms with Gasteiger partial charge in [-0.2, -0.15) is 0 Å². The Hall–Kier alpha value is -3.75. The van der Waals surface area contributed by atoms with E-state index in [1.54, 1.807) is 45.9 Å². The number of nitro groups is 1. The van der Waals surface area contributed by atoms with Gasteiger partial charge < -0.3 is 10.1 Å². The quantitative estimate of drug-likeness (QED) is 0.548. The lowest BCUT2D eigenvalue weighted by Gasteiger charge is -2.27. The summed E-state index contributed by atoms with van der Waals surface area (Å²) in [6, 6.07) is 12.3. The van der Waals surface area contributed by atoms with E-state index in [2.05, 4.69) is 5.32 Å². The van der Waals surface area contributed by atoms with E-state index in [9.17, 15) is 24.5 Å². The van der Waals surface area contributed by atoms with E-state index in [1.807, 2.05) is 0 Å². The predicted molar refractivity (Wildman–Crippen MR) is 115 cm³/mol. The second kappa shape index (κ2) is 9.84. The van der Waals surface area contributed by atoms with Crippen molar-refractivity contribution in [3.05, 3.63) is 70.3 Å². The zero-order valence-corrected chi connectivity index (χ0v) is 17.8. The number of nitrogens with zero attached hydrogens (tertiary/aromatic N) is 2. The Morgan fingerprint density at radius 2 is 1.65 bits per heavy atom. The van der Waals surface area contributed by atoms with Crippen molar-refractivity contribution in [2.24, 2.45) is 0 Å². The van der Waals surface area contributed by atoms with Crippen LogP contribution in [0.5, 0.6) is 0 Å². The molecule has 2 aromatic carbocycles. The van der Waals surface area contributed by atoms with Crippen molar-refractivity contribution in [3.63, 3.8) is 0 Å². The summed E-state index contributed by atoms with van der Waals surface area (Å²) in [4.78, 5) is 50.4. The van der Waals surface area contributed by atoms with Crippen LogP contribution in [0, 0.1) is 10.1 Å². The van der Waals surface area contributed by atoms with Crippen LogP contribution in [0.3, 0.4) is 0 Å². The number of alkyl carbamates (subject to hydrolysis) is 1. The summed E-state index contributed by atoms with van der Waals surface area (Å²) in [6.45, 7) is 6.72. The summed E-state index contributed by atoms with van der Waals surface area (Å²) in [6.07, 6.45) is -0.634. The molecular formula is C22H25N3O6. The van der Waals surface area contributed by atoms with Gasteiger partial charge in [0.1, 0.15) is 17.2 Å². The Morgan fingerprint density at radius 3 is 2.19 bits per heavy atom. The largest absolute Gasteiger partial charge is 0.444 e. The standard InChI is InChI=1S/C22H25N3O6/c1-5-17(23-21(28)31-22(2,3)4)20(27)24(15-11-7-6-8-12-15)19(26)16-13-9-10-14-18(16)25(29)30/h6-14,17H,5H2,1-4H3,(H,23,28)/t17-/m0/s1. The average molecular weight is 427 g/mol. The molecule has 1 atom stereocenters. The number of carbonyl (C=O) groups excluding carboxylic acids is 3. The van der Waals surface area contributed by atoms with Crippen molar-refractivity contribution in [2.45, 2.75) is 45.8 Å². The number of hydrogen-bond donors (Lipinski definition) is 1. The van der Waals surface area contributed by atoms with Gasteiger partial charge in [-0.1, -0.05) is 37.3 Å². The van der Waals surface area contributed by atoms with Gasteiger partial charge in [0, 0.05) is 6.07 Å². The van der Waals surface area contributed by atoms with Gasteiger partial charge in [-0.15, -0.1) is 0 Å². The highest BCUT2D eigenvalue weighted by atomic mass is 16.6. The van der Waals surface area contributed by atoms with Crippen molar-refractivity contribution >= 4 is 29.3 Å². The minimum Gasteiger partial charge on any atom is -0.444 e. The molecule has 0 aliphatic rings. The highest BCUT2D eigenvalue weighted by molar-refractivity contribution is 6.23. The van der Waals surface area contributed by atoms with E-state index in [0.717, 1.165) is 4.90 Å². The molecule has 0 radical (unpaired) electrons. The van der Waals surface area contributed by atoms with E-state index < -0.39 is 40.2 Å². The fourth-order valence-corrected chi connectivity index (χ4v) is 2.80. The lowest BCUT2D eigenvalue weighted by molar-refractivity contribution is -0.385. The molecule has 3 amide bonds. The van der Waals surface area contributed by atoms with Gasteiger partial charge in [-0.25, -0.2) is 9.69 Å². The molecule has 0 aliphatic carbocycles. The summed E-state index contributed by atoms with van der Waals surface area (Å²) in [5.74, 6) is -1.60. The number of para-hydroxylation sites is 2. The Kier molecular flexibility index (Phi) is 7.47. The topological polar surface area (TPSA) is 119 Å². The molecule has 0 saturated heterocycles. The molecule has 0 aliphatic heterocycles. The fraction of sp³-hybridized carbons (Fsp3) is 0.318. The van der Waals surface area contributed by atoms with Gasteiger partial charge in [0.15, 0.2) is 0 Å². The van der Waals surface area contributed by atoms with Crippen molar-refractivity contribution in [1.82, 2.24) is 5.32 Å². The second-order valence-corrected chi connectivity index (χ2v) is 7.70. The summed E-state index contributed by atoms with van der Waals surface area (Å²) in [7, 11) is 0. The number of rotatable bonds is 6. The number of imide groups is 1. The van der Waals surface area contributed by atoms with Gasteiger partial charge in [-0.05, 0) is 45.4 Å². The highest BCUT2D eigenvalue weighted by Crippen LogP contribution is 2.24. The molecule has 0 aromatic heterocycles. The number of nitro benzene ring substituents is 1. The molecule has 1 N–H and O–H groups in total. The van der Waals surface area contributed by atoms with E-state index in [4.69, 9.17) is 4.74 Å². The van der Waals surface area contributed by atoms with Crippen LogP contribution >= 0.6 is 0 Å². The lowest BCUT2D eigenvalue weighted by Crippen LogP contribution is -2.51. The monoisotopic (exact) mass is 427 g/mol. The Morgan fingerprint density at radius 1 is 1.06 bits per heavy atom. The number of amides is 3. The molecule has 0 heterocycles. The summed E-state index contributed by atoms with van der Waals surface area (Å²) in [5, 5.41) is 13.9. The van der Waals surface area contributed by atoms with Crippen LogP contribution in [0.15, 0.2) is 54.6 Å². The first-order chi connectivity index (χ1) is 14.5. The number of ether oxygens (including phenoxy) is 1. The third-order valence-electron chi connectivity index (χ3n) is 4.17. The maximum Gasteiger partial charge on any atom is 0.408 e. The lowest BCUT2D eigenvalue weighted by atomic mass is 10.1. The molecule has 2 aromatic rings. The predicted octanol–water partition coefficient (Wildman–Crippen LogP) is 4.07. The van der Waals surface area contributed by atoms with E-state index in [1.165, 1.54) is 36.4 Å². The van der Waals surface area contributed by atoms with Crippen molar-refractivity contribution in [1.29, 1.82) is 0 Å². The summed E-state index contributed by atoms with van der Waals surface area (Å²) >= 11 is 0. The number of hydrogen-bond acceptors (Lipinski definition) is 6. The summed E-state index contributed by atoms with van der Waals surface area (Å²) < 4.78 is 5.21. The number of nitrogens with one attached hydrogen (secondary N) is 1. The third kappa shape index (κ3) is 6.11. The van der Waals surface area contributed by atoms with Crippen LogP contribution in [0.25, 0.3) is 0 Å². The molecule has 0 bridgehead atoms. The van der Waals surface area contributed by atoms with Gasteiger partial charge in [0.2, 0.25) is 0 Å². The molecule has 164 valence electrons. The maximum absolute atomic E-state index is 13.3. The average Bonchev–Trinajstić information content (AvgIpc) is 2.71. The summed E-state index contributed by atoms with van der Waals surface area (Å²) in [5.41, 5.74) is -1.21. The van der Waals surface area contributed by atoms with Crippen molar-refractivity contribution < 1.29 is 24.0 Å². The van der Waals surface area contributed by atoms with Crippen LogP contribution in [0.2, 0.25) is 0 Å². The molecule has 0 spiro atoms. The number of carbonyl (C=O) groups is 3. The molecule has 9 nitrogen and oxygen atoms in total. The minimum atomic E-state index is -1.08. The van der Waals surface area contributed by atoms with Crippen molar-refractivity contribution in [3.8, 4) is 0 Å². The second-order valence-electron chi connectivity index (χ2n) is 7.70. The first kappa shape index (κ1) is 23.5. The zero-order chi connectivity index (χ0) is 23.2. The minimum absolute atomic E-state index is 0.172. The van der Waals surface area contributed by atoms with Crippen LogP contribution < -0.4 is 10.2 Å². The molecule has 0 saturated carbocycles. The Bertz CT molecular complexity index is 969. The van der Waals surface area contributed by atoms with Gasteiger partial charge in [0.05, 0.1) is 10.6 Å². The smallest absolute Gasteiger partial charge is 0.408 e. The van der Waals surface area contributed by atoms with E-state index in [-0.39, 0.29) is 17.7 Å². The number of anilines is 1. The normalized spacial score (nSPS) is 11.9. The molecule has 31 heavy (non-hydrogen) atoms. The van der Waals surface area contributed by atoms with Gasteiger partial charge in [0.25, 0.3) is 17.5 Å². The van der Waals surface area contributed by atoms with E-state index >= 15 is 0 Å². The fourth-order valence-electron chi connectivity index (χ4n) is 2.80. The molecule has 2 rings (SSSR count). The molecule has 0 fully saturated rings. The molecule has 0 unspecified atom stereocenters. The number of benzene rings is 2. The van der Waals surface area contributed by atoms with Gasteiger partial charge in [-0.3, -0.25) is 19.7 Å². The molecular weight excluding hydrogens is 402 g/mol. The highest BCUT2D eigenvalue weighted by Gasteiger charge is 2.34.